The van der Waals surface area contributed by atoms with Crippen LogP contribution in [-0.4, -0.2) is 13.4 Å². The Morgan fingerprint density at radius 1 is 1.26 bits per heavy atom. The minimum atomic E-state index is -3.53. The Kier molecular flexibility index (Phi) is 4.31. The summed E-state index contributed by atoms with van der Waals surface area (Å²) in [7, 11) is -3.53. The Balaban J connectivity index is 2.04. The van der Waals surface area contributed by atoms with Crippen LogP contribution in [0.1, 0.15) is 22.3 Å². The van der Waals surface area contributed by atoms with Crippen molar-refractivity contribution >= 4 is 21.4 Å². The number of hydrogen-bond acceptors (Lipinski definition) is 5. The molecular formula is C12H15N3O2S2. The van der Waals surface area contributed by atoms with Crippen molar-refractivity contribution in [2.75, 3.05) is 0 Å². The summed E-state index contributed by atoms with van der Waals surface area (Å²) in [6, 6.07) is 9.57. The molecule has 0 aliphatic heterocycles. The molecule has 1 aromatic carbocycles. The van der Waals surface area contributed by atoms with Gasteiger partial charge >= 0.3 is 0 Å². The van der Waals surface area contributed by atoms with Gasteiger partial charge < -0.3 is 5.73 Å². The smallest absolute Gasteiger partial charge is 0.215 e. The van der Waals surface area contributed by atoms with Crippen LogP contribution in [0.3, 0.4) is 0 Å². The van der Waals surface area contributed by atoms with Crippen LogP contribution in [0.4, 0.5) is 0 Å². The molecule has 1 unspecified atom stereocenters. The lowest BCUT2D eigenvalue weighted by Crippen LogP contribution is -2.15. The van der Waals surface area contributed by atoms with Gasteiger partial charge in [0.25, 0.3) is 0 Å². The topological polar surface area (TPSA) is 99.1 Å². The average molecular weight is 297 g/mol. The predicted molar refractivity (Wildman–Crippen MR) is 76.0 cm³/mol. The van der Waals surface area contributed by atoms with Gasteiger partial charge in [0.2, 0.25) is 10.0 Å². The Morgan fingerprint density at radius 3 is 2.58 bits per heavy atom. The zero-order valence-electron chi connectivity index (χ0n) is 10.2. The summed E-state index contributed by atoms with van der Waals surface area (Å²) in [5.41, 5.74) is 7.91. The third kappa shape index (κ3) is 4.39. The summed E-state index contributed by atoms with van der Waals surface area (Å²) in [4.78, 5) is 4.24. The summed E-state index contributed by atoms with van der Waals surface area (Å²) in [6.07, 6.45) is 0.575. The quantitative estimate of drug-likeness (QED) is 0.865. The number of sulfonamides is 1. The zero-order valence-corrected chi connectivity index (χ0v) is 11.8. The van der Waals surface area contributed by atoms with Crippen LogP contribution in [0.15, 0.2) is 35.7 Å². The Bertz CT molecular complexity index is 638. The van der Waals surface area contributed by atoms with Crippen LogP contribution >= 0.6 is 11.3 Å². The maximum Gasteiger partial charge on any atom is 0.215 e. The van der Waals surface area contributed by atoms with E-state index < -0.39 is 10.0 Å². The van der Waals surface area contributed by atoms with Crippen LogP contribution in [0, 0.1) is 0 Å². The maximum atomic E-state index is 11.0. The lowest BCUT2D eigenvalue weighted by atomic mass is 10.0. The van der Waals surface area contributed by atoms with Gasteiger partial charge in [0.15, 0.2) is 0 Å². The van der Waals surface area contributed by atoms with Gasteiger partial charge in [0.05, 0.1) is 5.69 Å². The van der Waals surface area contributed by atoms with E-state index in [4.69, 9.17) is 10.9 Å². The van der Waals surface area contributed by atoms with Crippen molar-refractivity contribution in [3.8, 4) is 0 Å². The molecule has 1 atom stereocenters. The standard InChI is InChI=1S/C12H15N3O2S2/c13-11(9-4-2-1-3-5-9)6-10-7-18-12(15-10)8-19(14,16)17/h1-5,7,11H,6,8,13H2,(H2,14,16,17). The van der Waals surface area contributed by atoms with Crippen LogP contribution in [0.5, 0.6) is 0 Å². The van der Waals surface area contributed by atoms with E-state index in [0.717, 1.165) is 11.3 Å². The van der Waals surface area contributed by atoms with E-state index in [1.54, 1.807) is 0 Å². The highest BCUT2D eigenvalue weighted by molar-refractivity contribution is 7.88. The van der Waals surface area contributed by atoms with E-state index in [1.165, 1.54) is 11.3 Å². The highest BCUT2D eigenvalue weighted by Gasteiger charge is 2.12. The summed E-state index contributed by atoms with van der Waals surface area (Å²) in [6.45, 7) is 0. The lowest BCUT2D eigenvalue weighted by Gasteiger charge is -2.09. The molecule has 0 fully saturated rings. The van der Waals surface area contributed by atoms with Crippen molar-refractivity contribution in [3.63, 3.8) is 0 Å². The first-order chi connectivity index (χ1) is 8.94. The van der Waals surface area contributed by atoms with Gasteiger partial charge in [-0.1, -0.05) is 30.3 Å². The van der Waals surface area contributed by atoms with Crippen molar-refractivity contribution < 1.29 is 8.42 Å². The third-order valence-corrected chi connectivity index (χ3v) is 4.34. The van der Waals surface area contributed by atoms with E-state index >= 15 is 0 Å². The van der Waals surface area contributed by atoms with E-state index in [-0.39, 0.29) is 11.8 Å². The molecule has 0 radical (unpaired) electrons. The summed E-state index contributed by atoms with van der Waals surface area (Å²) >= 11 is 1.29. The Morgan fingerprint density at radius 2 is 1.95 bits per heavy atom. The fourth-order valence-corrected chi connectivity index (χ4v) is 3.49. The molecule has 0 saturated heterocycles. The number of aromatic nitrogens is 1. The van der Waals surface area contributed by atoms with Crippen LogP contribution in [-0.2, 0) is 22.2 Å². The SMILES string of the molecule is NC(Cc1csc(CS(N)(=O)=O)n1)c1ccccc1. The summed E-state index contributed by atoms with van der Waals surface area (Å²) < 4.78 is 21.9. The molecule has 5 nitrogen and oxygen atoms in total. The second-order valence-corrected chi connectivity index (χ2v) is 6.82. The Hall–Kier alpha value is -1.28. The van der Waals surface area contributed by atoms with Crippen molar-refractivity contribution in [2.24, 2.45) is 10.9 Å². The van der Waals surface area contributed by atoms with Crippen molar-refractivity contribution in [1.82, 2.24) is 4.98 Å². The minimum Gasteiger partial charge on any atom is -0.324 e. The van der Waals surface area contributed by atoms with Crippen LogP contribution < -0.4 is 10.9 Å². The highest BCUT2D eigenvalue weighted by atomic mass is 32.2. The molecule has 102 valence electrons. The molecule has 0 aliphatic rings. The number of nitrogens with zero attached hydrogens (tertiary/aromatic N) is 1. The fraction of sp³-hybridized carbons (Fsp3) is 0.250. The van der Waals surface area contributed by atoms with E-state index in [9.17, 15) is 8.42 Å². The predicted octanol–water partition coefficient (Wildman–Crippen LogP) is 1.17. The molecule has 2 aromatic rings. The van der Waals surface area contributed by atoms with E-state index in [2.05, 4.69) is 4.98 Å². The van der Waals surface area contributed by atoms with E-state index in [0.29, 0.717) is 11.4 Å². The molecule has 7 heteroatoms. The number of benzene rings is 1. The van der Waals surface area contributed by atoms with Gasteiger partial charge in [-0.15, -0.1) is 11.3 Å². The molecule has 4 N–H and O–H groups in total. The minimum absolute atomic E-state index is 0.148. The number of rotatable bonds is 5. The van der Waals surface area contributed by atoms with Crippen LogP contribution in [0.2, 0.25) is 0 Å². The fourth-order valence-electron chi connectivity index (χ4n) is 1.72. The number of primary sulfonamides is 1. The maximum absolute atomic E-state index is 11.0. The first-order valence-corrected chi connectivity index (χ1v) is 8.28. The van der Waals surface area contributed by atoms with E-state index in [1.807, 2.05) is 35.7 Å². The lowest BCUT2D eigenvalue weighted by molar-refractivity contribution is 0.596. The van der Waals surface area contributed by atoms with Crippen LogP contribution in [0.25, 0.3) is 0 Å². The van der Waals surface area contributed by atoms with Crippen molar-refractivity contribution in [1.29, 1.82) is 0 Å². The first kappa shape index (κ1) is 14.1. The van der Waals surface area contributed by atoms with Gasteiger partial charge in [-0.3, -0.25) is 0 Å². The molecule has 19 heavy (non-hydrogen) atoms. The molecule has 1 aromatic heterocycles. The van der Waals surface area contributed by atoms with Gasteiger partial charge in [-0.2, -0.15) is 0 Å². The molecule has 0 spiro atoms. The monoisotopic (exact) mass is 297 g/mol. The highest BCUT2D eigenvalue weighted by Crippen LogP contribution is 2.18. The summed E-state index contributed by atoms with van der Waals surface area (Å²) in [5, 5.41) is 7.30. The largest absolute Gasteiger partial charge is 0.324 e. The van der Waals surface area contributed by atoms with Gasteiger partial charge in [-0.25, -0.2) is 18.5 Å². The molecule has 0 saturated carbocycles. The normalized spacial score (nSPS) is 13.4. The molecule has 1 heterocycles. The number of thiazole rings is 1. The average Bonchev–Trinajstić information content (AvgIpc) is 2.75. The third-order valence-electron chi connectivity index (χ3n) is 2.58. The number of hydrogen-bond donors (Lipinski definition) is 2. The van der Waals surface area contributed by atoms with Gasteiger partial charge in [0, 0.05) is 17.8 Å². The first-order valence-electron chi connectivity index (χ1n) is 5.68. The van der Waals surface area contributed by atoms with Gasteiger partial charge in [-0.05, 0) is 5.56 Å². The second kappa shape index (κ2) is 5.79. The van der Waals surface area contributed by atoms with Gasteiger partial charge in [0.1, 0.15) is 10.8 Å². The zero-order chi connectivity index (χ0) is 13.9. The molecule has 0 amide bonds. The number of nitrogens with two attached hydrogens (primary N) is 2. The molecule has 2 rings (SSSR count). The van der Waals surface area contributed by atoms with Crippen molar-refractivity contribution in [3.05, 3.63) is 52.0 Å². The summed E-state index contributed by atoms with van der Waals surface area (Å²) in [5.74, 6) is -0.224. The molecular weight excluding hydrogens is 282 g/mol. The van der Waals surface area contributed by atoms with Crippen molar-refractivity contribution in [2.45, 2.75) is 18.2 Å². The second-order valence-electron chi connectivity index (χ2n) is 4.26. The molecule has 0 aliphatic carbocycles. The Labute approximate surface area is 116 Å². The molecule has 0 bridgehead atoms.